The lowest BCUT2D eigenvalue weighted by molar-refractivity contribution is -0.120. The number of carbonyl (C=O) groups is 1. The molecule has 0 atom stereocenters. The highest BCUT2D eigenvalue weighted by molar-refractivity contribution is 7.91. The molecule has 0 saturated carbocycles. The second kappa shape index (κ2) is 7.18. The predicted octanol–water partition coefficient (Wildman–Crippen LogP) is -0.240. The second-order valence-corrected chi connectivity index (χ2v) is 6.86. The van der Waals surface area contributed by atoms with Crippen molar-refractivity contribution in [1.29, 1.82) is 0 Å². The zero-order valence-electron chi connectivity index (χ0n) is 12.0. The third kappa shape index (κ3) is 5.02. The Morgan fingerprint density at radius 2 is 1.96 bits per heavy atom. The van der Waals surface area contributed by atoms with E-state index in [0.29, 0.717) is 5.82 Å². The van der Waals surface area contributed by atoms with Crippen LogP contribution in [0.1, 0.15) is 12.2 Å². The molecular weight excluding hydrogens is 327 g/mol. The van der Waals surface area contributed by atoms with Gasteiger partial charge in [-0.1, -0.05) is 0 Å². The fourth-order valence-electron chi connectivity index (χ4n) is 1.83. The standard InChI is InChI=1S/C13H15FN4O4S/c14-9-1-3-10(4-2-9)23(21,22)8-7-15-12(19)6-5-11-16-13(20)18-17-11/h1-4H,5-8H2,(H,15,19)(H2,16,17,18,20). The van der Waals surface area contributed by atoms with Gasteiger partial charge in [0.2, 0.25) is 5.91 Å². The van der Waals surface area contributed by atoms with Crippen molar-refractivity contribution in [3.05, 3.63) is 46.4 Å². The molecule has 0 saturated heterocycles. The maximum absolute atomic E-state index is 12.8. The Labute approximate surface area is 131 Å². The first-order chi connectivity index (χ1) is 10.9. The molecule has 0 unspecified atom stereocenters. The zero-order chi connectivity index (χ0) is 16.9. The third-order valence-corrected chi connectivity index (χ3v) is 4.74. The number of nitrogens with zero attached hydrogens (tertiary/aromatic N) is 1. The van der Waals surface area contributed by atoms with E-state index >= 15 is 0 Å². The van der Waals surface area contributed by atoms with Gasteiger partial charge >= 0.3 is 5.69 Å². The van der Waals surface area contributed by atoms with Gasteiger partial charge in [-0.05, 0) is 24.3 Å². The van der Waals surface area contributed by atoms with E-state index in [2.05, 4.69) is 20.5 Å². The van der Waals surface area contributed by atoms with Crippen molar-refractivity contribution >= 4 is 15.7 Å². The van der Waals surface area contributed by atoms with Crippen LogP contribution >= 0.6 is 0 Å². The number of nitrogens with one attached hydrogen (secondary N) is 3. The van der Waals surface area contributed by atoms with Crippen molar-refractivity contribution in [1.82, 2.24) is 20.5 Å². The molecule has 1 amide bonds. The number of rotatable bonds is 7. The number of benzene rings is 1. The molecule has 2 aromatic rings. The van der Waals surface area contributed by atoms with Crippen LogP contribution in [0.25, 0.3) is 0 Å². The molecule has 8 nitrogen and oxygen atoms in total. The van der Waals surface area contributed by atoms with Gasteiger partial charge in [-0.3, -0.25) is 9.78 Å². The van der Waals surface area contributed by atoms with Crippen molar-refractivity contribution in [3.8, 4) is 0 Å². The summed E-state index contributed by atoms with van der Waals surface area (Å²) >= 11 is 0. The molecule has 0 aliphatic carbocycles. The van der Waals surface area contributed by atoms with Gasteiger partial charge in [0, 0.05) is 19.4 Å². The quantitative estimate of drug-likeness (QED) is 0.599. The number of hydrogen-bond donors (Lipinski definition) is 3. The Morgan fingerprint density at radius 1 is 1.26 bits per heavy atom. The Morgan fingerprint density at radius 3 is 2.57 bits per heavy atom. The monoisotopic (exact) mass is 342 g/mol. The van der Waals surface area contributed by atoms with Crippen molar-refractivity contribution in [3.63, 3.8) is 0 Å². The van der Waals surface area contributed by atoms with Crippen LogP contribution in [0.4, 0.5) is 4.39 Å². The van der Waals surface area contributed by atoms with Crippen LogP contribution in [0.2, 0.25) is 0 Å². The van der Waals surface area contributed by atoms with E-state index in [9.17, 15) is 22.4 Å². The van der Waals surface area contributed by atoms with Gasteiger partial charge in [0.1, 0.15) is 11.6 Å². The number of aryl methyl sites for hydroxylation is 1. The summed E-state index contributed by atoms with van der Waals surface area (Å²) in [5, 5.41) is 8.31. The van der Waals surface area contributed by atoms with E-state index in [1.165, 1.54) is 12.1 Å². The van der Waals surface area contributed by atoms with Gasteiger partial charge in [-0.15, -0.1) is 0 Å². The summed E-state index contributed by atoms with van der Waals surface area (Å²) in [5.41, 5.74) is -0.453. The summed E-state index contributed by atoms with van der Waals surface area (Å²) in [4.78, 5) is 24.8. The van der Waals surface area contributed by atoms with Gasteiger partial charge in [0.25, 0.3) is 0 Å². The number of carbonyl (C=O) groups excluding carboxylic acids is 1. The van der Waals surface area contributed by atoms with Gasteiger partial charge in [-0.2, -0.15) is 5.10 Å². The smallest absolute Gasteiger partial charge is 0.340 e. The highest BCUT2D eigenvalue weighted by Crippen LogP contribution is 2.11. The van der Waals surface area contributed by atoms with Crippen LogP contribution in [0.5, 0.6) is 0 Å². The number of amides is 1. The van der Waals surface area contributed by atoms with Crippen LogP contribution in [-0.4, -0.2) is 41.8 Å². The Balaban J connectivity index is 1.78. The number of halogens is 1. The van der Waals surface area contributed by atoms with Crippen LogP contribution in [-0.2, 0) is 21.1 Å². The highest BCUT2D eigenvalue weighted by atomic mass is 32.2. The SMILES string of the molecule is O=C(CCc1n[nH]c(=O)[nH]1)NCCS(=O)(=O)c1ccc(F)cc1. The predicted molar refractivity (Wildman–Crippen MR) is 79.0 cm³/mol. The van der Waals surface area contributed by atoms with E-state index in [1.807, 2.05) is 0 Å². The first-order valence-electron chi connectivity index (χ1n) is 6.75. The average Bonchev–Trinajstić information content (AvgIpc) is 2.91. The molecule has 10 heteroatoms. The van der Waals surface area contributed by atoms with E-state index in [0.717, 1.165) is 12.1 Å². The van der Waals surface area contributed by atoms with Crippen LogP contribution in [0.15, 0.2) is 34.0 Å². The molecule has 2 rings (SSSR count). The number of aromatic amines is 2. The van der Waals surface area contributed by atoms with E-state index in [-0.39, 0.29) is 35.9 Å². The van der Waals surface area contributed by atoms with Gasteiger partial charge in [0.15, 0.2) is 9.84 Å². The molecule has 1 heterocycles. The summed E-state index contributed by atoms with van der Waals surface area (Å²) in [7, 11) is -3.58. The molecule has 1 aromatic heterocycles. The lowest BCUT2D eigenvalue weighted by Crippen LogP contribution is -2.29. The molecule has 0 bridgehead atoms. The minimum atomic E-state index is -3.58. The molecule has 0 fully saturated rings. The minimum Gasteiger partial charge on any atom is -0.355 e. The topological polar surface area (TPSA) is 125 Å². The molecule has 1 aromatic carbocycles. The molecule has 3 N–H and O–H groups in total. The van der Waals surface area contributed by atoms with Gasteiger partial charge in [-0.25, -0.2) is 22.7 Å². The lowest BCUT2D eigenvalue weighted by atomic mass is 10.3. The summed E-state index contributed by atoms with van der Waals surface area (Å²) in [6.07, 6.45) is 0.298. The summed E-state index contributed by atoms with van der Waals surface area (Å²) < 4.78 is 36.7. The first kappa shape index (κ1) is 16.9. The summed E-state index contributed by atoms with van der Waals surface area (Å²) in [6.45, 7) is -0.0599. The second-order valence-electron chi connectivity index (χ2n) is 4.75. The summed E-state index contributed by atoms with van der Waals surface area (Å²) in [5.74, 6) is -0.815. The lowest BCUT2D eigenvalue weighted by Gasteiger charge is -2.06. The maximum Gasteiger partial charge on any atom is 0.340 e. The summed E-state index contributed by atoms with van der Waals surface area (Å²) in [6, 6.07) is 4.49. The number of aromatic nitrogens is 3. The van der Waals surface area contributed by atoms with Crippen molar-refractivity contribution in [2.75, 3.05) is 12.3 Å². The number of H-pyrrole nitrogens is 2. The van der Waals surface area contributed by atoms with Crippen LogP contribution in [0, 0.1) is 5.82 Å². The molecular formula is C13H15FN4O4S. The molecule has 0 radical (unpaired) electrons. The normalized spacial score (nSPS) is 11.3. The molecule has 0 aliphatic heterocycles. The molecule has 23 heavy (non-hydrogen) atoms. The van der Waals surface area contributed by atoms with E-state index in [1.54, 1.807) is 0 Å². The fourth-order valence-corrected chi connectivity index (χ4v) is 2.99. The first-order valence-corrected chi connectivity index (χ1v) is 8.40. The minimum absolute atomic E-state index is 0.00208. The third-order valence-electron chi connectivity index (χ3n) is 3.00. The Kier molecular flexibility index (Phi) is 5.27. The Hall–Kier alpha value is -2.49. The van der Waals surface area contributed by atoms with Crippen LogP contribution in [0.3, 0.4) is 0 Å². The molecule has 124 valence electrons. The van der Waals surface area contributed by atoms with Gasteiger partial charge < -0.3 is 5.32 Å². The maximum atomic E-state index is 12.8. The molecule has 0 spiro atoms. The fraction of sp³-hybridized carbons (Fsp3) is 0.308. The van der Waals surface area contributed by atoms with Crippen molar-refractivity contribution in [2.24, 2.45) is 0 Å². The largest absolute Gasteiger partial charge is 0.355 e. The average molecular weight is 342 g/mol. The number of hydrogen-bond acceptors (Lipinski definition) is 5. The molecule has 0 aliphatic rings. The zero-order valence-corrected chi connectivity index (χ0v) is 12.8. The van der Waals surface area contributed by atoms with E-state index < -0.39 is 21.3 Å². The Bertz CT molecular complexity index is 826. The van der Waals surface area contributed by atoms with Crippen LogP contribution < -0.4 is 11.0 Å². The van der Waals surface area contributed by atoms with E-state index in [4.69, 9.17) is 0 Å². The van der Waals surface area contributed by atoms with Crippen molar-refractivity contribution in [2.45, 2.75) is 17.7 Å². The van der Waals surface area contributed by atoms with Crippen molar-refractivity contribution < 1.29 is 17.6 Å². The highest BCUT2D eigenvalue weighted by Gasteiger charge is 2.14. The number of sulfone groups is 1. The van der Waals surface area contributed by atoms with Gasteiger partial charge in [0.05, 0.1) is 10.6 Å².